The summed E-state index contributed by atoms with van der Waals surface area (Å²) >= 11 is 0. The lowest BCUT2D eigenvalue weighted by atomic mass is 10.1. The van der Waals surface area contributed by atoms with Crippen LogP contribution >= 0.6 is 0 Å². The van der Waals surface area contributed by atoms with E-state index in [2.05, 4.69) is 63.5 Å². The number of nitrogens with zero attached hydrogens (tertiary/aromatic N) is 3. The molecule has 0 atom stereocenters. The average Bonchev–Trinajstić information content (AvgIpc) is 2.74. The van der Waals surface area contributed by atoms with E-state index >= 15 is 0 Å². The van der Waals surface area contributed by atoms with E-state index in [1.165, 1.54) is 24.1 Å². The first-order valence-electron chi connectivity index (χ1n) is 10.8. The van der Waals surface area contributed by atoms with Crippen molar-refractivity contribution >= 4 is 5.96 Å². The molecule has 1 aliphatic heterocycles. The van der Waals surface area contributed by atoms with Crippen LogP contribution in [0.4, 0.5) is 0 Å². The van der Waals surface area contributed by atoms with E-state index in [-0.39, 0.29) is 0 Å². The summed E-state index contributed by atoms with van der Waals surface area (Å²) in [4.78, 5) is 9.30. The Hall–Kier alpha value is -1.63. The minimum absolute atomic E-state index is 0.791. The molecule has 1 saturated heterocycles. The highest BCUT2D eigenvalue weighted by atomic mass is 16.5. The van der Waals surface area contributed by atoms with Crippen molar-refractivity contribution in [3.8, 4) is 0 Å². The lowest BCUT2D eigenvalue weighted by Crippen LogP contribution is -2.38. The van der Waals surface area contributed by atoms with Gasteiger partial charge in [0.1, 0.15) is 0 Å². The monoisotopic (exact) mass is 389 g/mol. The SMILES string of the molecule is CCN(CC)CCCCNC(=NC)NCc1ccccc1CN1CCOCC1. The molecule has 0 aromatic heterocycles. The quantitative estimate of drug-likeness (QED) is 0.346. The summed E-state index contributed by atoms with van der Waals surface area (Å²) in [5.74, 6) is 0.879. The lowest BCUT2D eigenvalue weighted by molar-refractivity contribution is 0.0341. The van der Waals surface area contributed by atoms with Crippen LogP contribution in [0.5, 0.6) is 0 Å². The smallest absolute Gasteiger partial charge is 0.191 e. The number of unbranched alkanes of at least 4 members (excludes halogenated alkanes) is 1. The minimum atomic E-state index is 0.791. The fourth-order valence-electron chi connectivity index (χ4n) is 3.49. The highest BCUT2D eigenvalue weighted by Gasteiger charge is 2.12. The summed E-state index contributed by atoms with van der Waals surface area (Å²) in [5, 5.41) is 6.91. The van der Waals surface area contributed by atoms with Gasteiger partial charge in [0.2, 0.25) is 0 Å². The maximum Gasteiger partial charge on any atom is 0.191 e. The Labute approximate surface area is 171 Å². The Morgan fingerprint density at radius 2 is 1.79 bits per heavy atom. The second kappa shape index (κ2) is 13.5. The molecule has 1 aromatic carbocycles. The number of hydrogen-bond donors (Lipinski definition) is 2. The summed E-state index contributed by atoms with van der Waals surface area (Å²) in [7, 11) is 1.84. The van der Waals surface area contributed by atoms with Gasteiger partial charge in [-0.05, 0) is 43.6 Å². The summed E-state index contributed by atoms with van der Waals surface area (Å²) in [5.41, 5.74) is 2.71. The van der Waals surface area contributed by atoms with Gasteiger partial charge in [0.05, 0.1) is 13.2 Å². The third-order valence-electron chi connectivity index (χ3n) is 5.37. The number of morpholine rings is 1. The Kier molecular flexibility index (Phi) is 10.9. The van der Waals surface area contributed by atoms with Crippen molar-refractivity contribution in [1.82, 2.24) is 20.4 Å². The minimum Gasteiger partial charge on any atom is -0.379 e. The van der Waals surface area contributed by atoms with Crippen molar-refractivity contribution in [3.63, 3.8) is 0 Å². The number of benzene rings is 1. The average molecular weight is 390 g/mol. The first-order valence-corrected chi connectivity index (χ1v) is 10.8. The second-order valence-electron chi connectivity index (χ2n) is 7.24. The fourth-order valence-corrected chi connectivity index (χ4v) is 3.49. The van der Waals surface area contributed by atoms with Gasteiger partial charge in [-0.25, -0.2) is 0 Å². The highest BCUT2D eigenvalue weighted by molar-refractivity contribution is 5.79. The molecule has 1 fully saturated rings. The molecule has 0 amide bonds. The Morgan fingerprint density at radius 3 is 2.46 bits per heavy atom. The van der Waals surface area contributed by atoms with Crippen LogP contribution in [-0.2, 0) is 17.8 Å². The largest absolute Gasteiger partial charge is 0.379 e. The van der Waals surface area contributed by atoms with Gasteiger partial charge in [-0.1, -0.05) is 38.1 Å². The maximum atomic E-state index is 5.46. The molecule has 0 unspecified atom stereocenters. The van der Waals surface area contributed by atoms with E-state index in [1.54, 1.807) is 0 Å². The first-order chi connectivity index (χ1) is 13.8. The van der Waals surface area contributed by atoms with E-state index in [9.17, 15) is 0 Å². The number of ether oxygens (including phenoxy) is 1. The molecule has 1 aliphatic rings. The van der Waals surface area contributed by atoms with Crippen molar-refractivity contribution in [3.05, 3.63) is 35.4 Å². The van der Waals surface area contributed by atoms with Gasteiger partial charge in [0, 0.05) is 39.8 Å². The van der Waals surface area contributed by atoms with E-state index in [4.69, 9.17) is 4.74 Å². The predicted molar refractivity (Wildman–Crippen MR) is 118 cm³/mol. The van der Waals surface area contributed by atoms with Gasteiger partial charge in [0.25, 0.3) is 0 Å². The molecule has 6 nitrogen and oxygen atoms in total. The van der Waals surface area contributed by atoms with Gasteiger partial charge in [-0.2, -0.15) is 0 Å². The van der Waals surface area contributed by atoms with Crippen molar-refractivity contribution < 1.29 is 4.74 Å². The van der Waals surface area contributed by atoms with Crippen molar-refractivity contribution in [2.45, 2.75) is 39.8 Å². The number of aliphatic imine (C=N–C) groups is 1. The standard InChI is InChI=1S/C22H39N5O/c1-4-26(5-2)13-9-8-12-24-22(23-3)25-18-20-10-6-7-11-21(20)19-27-14-16-28-17-15-27/h6-7,10-11H,4-5,8-9,12-19H2,1-3H3,(H2,23,24,25). The summed E-state index contributed by atoms with van der Waals surface area (Å²) in [6.45, 7) is 14.3. The van der Waals surface area contributed by atoms with E-state index in [0.29, 0.717) is 0 Å². The molecular formula is C22H39N5O. The third-order valence-corrected chi connectivity index (χ3v) is 5.37. The number of hydrogen-bond acceptors (Lipinski definition) is 4. The molecule has 0 bridgehead atoms. The van der Waals surface area contributed by atoms with Crippen LogP contribution in [0.25, 0.3) is 0 Å². The zero-order valence-electron chi connectivity index (χ0n) is 18.0. The molecule has 6 heteroatoms. The number of nitrogens with one attached hydrogen (secondary N) is 2. The normalized spacial score (nSPS) is 15.8. The van der Waals surface area contributed by atoms with E-state index in [1.807, 2.05) is 7.05 Å². The Balaban J connectivity index is 1.74. The molecule has 0 saturated carbocycles. The highest BCUT2D eigenvalue weighted by Crippen LogP contribution is 2.13. The predicted octanol–water partition coefficient (Wildman–Crippen LogP) is 2.31. The Bertz CT molecular complexity index is 568. The topological polar surface area (TPSA) is 52.1 Å². The van der Waals surface area contributed by atoms with Crippen molar-refractivity contribution in [2.75, 3.05) is 59.5 Å². The second-order valence-corrected chi connectivity index (χ2v) is 7.24. The molecule has 2 rings (SSSR count). The first kappa shape index (κ1) is 22.7. The molecule has 2 N–H and O–H groups in total. The molecule has 1 aromatic rings. The summed E-state index contributed by atoms with van der Waals surface area (Å²) in [6, 6.07) is 8.68. The molecule has 0 radical (unpaired) electrons. The van der Waals surface area contributed by atoms with Crippen LogP contribution in [0.15, 0.2) is 29.3 Å². The van der Waals surface area contributed by atoms with Gasteiger partial charge in [0.15, 0.2) is 5.96 Å². The van der Waals surface area contributed by atoms with Gasteiger partial charge >= 0.3 is 0 Å². The van der Waals surface area contributed by atoms with E-state index < -0.39 is 0 Å². The van der Waals surface area contributed by atoms with E-state index in [0.717, 1.165) is 71.4 Å². The van der Waals surface area contributed by atoms with Crippen LogP contribution in [0.1, 0.15) is 37.8 Å². The van der Waals surface area contributed by atoms with Gasteiger partial charge in [-0.15, -0.1) is 0 Å². The molecule has 28 heavy (non-hydrogen) atoms. The van der Waals surface area contributed by atoms with Crippen molar-refractivity contribution in [1.29, 1.82) is 0 Å². The molecule has 158 valence electrons. The zero-order chi connectivity index (χ0) is 20.0. The molecular weight excluding hydrogens is 350 g/mol. The molecule has 1 heterocycles. The molecule has 0 spiro atoms. The van der Waals surface area contributed by atoms with Crippen LogP contribution < -0.4 is 10.6 Å². The van der Waals surface area contributed by atoms with Crippen LogP contribution in [-0.4, -0.2) is 75.3 Å². The number of guanidine groups is 1. The van der Waals surface area contributed by atoms with Gasteiger partial charge in [-0.3, -0.25) is 9.89 Å². The van der Waals surface area contributed by atoms with Gasteiger partial charge < -0.3 is 20.3 Å². The van der Waals surface area contributed by atoms with Crippen LogP contribution in [0.3, 0.4) is 0 Å². The third kappa shape index (κ3) is 8.17. The summed E-state index contributed by atoms with van der Waals surface area (Å²) in [6.07, 6.45) is 2.37. The fraction of sp³-hybridized carbons (Fsp3) is 0.682. The lowest BCUT2D eigenvalue weighted by Gasteiger charge is -2.27. The Morgan fingerprint density at radius 1 is 1.07 bits per heavy atom. The number of rotatable bonds is 11. The maximum absolute atomic E-state index is 5.46. The van der Waals surface area contributed by atoms with Crippen molar-refractivity contribution in [2.24, 2.45) is 4.99 Å². The molecule has 0 aliphatic carbocycles. The van der Waals surface area contributed by atoms with Crippen LogP contribution in [0.2, 0.25) is 0 Å². The van der Waals surface area contributed by atoms with Crippen LogP contribution in [0, 0.1) is 0 Å². The zero-order valence-corrected chi connectivity index (χ0v) is 18.0. The summed E-state index contributed by atoms with van der Waals surface area (Å²) < 4.78 is 5.46.